The minimum Gasteiger partial charge on any atom is -0.398 e. The molecule has 0 saturated carbocycles. The average Bonchev–Trinajstić information content (AvgIpc) is 2.85. The van der Waals surface area contributed by atoms with Crippen molar-refractivity contribution in [3.8, 4) is 0 Å². The number of carbonyl (C=O) groups excluding carboxylic acids is 1. The van der Waals surface area contributed by atoms with E-state index in [0.717, 1.165) is 6.42 Å². The normalized spacial score (nSPS) is 14.4. The quantitative estimate of drug-likeness (QED) is 0.662. The molecule has 3 nitrogen and oxygen atoms in total. The minimum atomic E-state index is -0.0761. The maximum absolute atomic E-state index is 12.0. The van der Waals surface area contributed by atoms with E-state index in [9.17, 15) is 4.79 Å². The second-order valence-corrected chi connectivity index (χ2v) is 5.26. The molecule has 1 aliphatic carbocycles. The fourth-order valence-corrected chi connectivity index (χ4v) is 2.57. The second-order valence-electron chi connectivity index (χ2n) is 4.47. The molecule has 1 aromatic rings. The number of nitrogens with one attached hydrogen (secondary N) is 1. The molecule has 18 heavy (non-hydrogen) atoms. The van der Waals surface area contributed by atoms with Crippen LogP contribution in [0.5, 0.6) is 0 Å². The van der Waals surface area contributed by atoms with Crippen LogP contribution in [0.3, 0.4) is 0 Å². The van der Waals surface area contributed by atoms with Gasteiger partial charge in [-0.2, -0.15) is 0 Å². The standard InChI is InChI=1S/C14H17BrN2O/c15-13-11(6-3-7-12(13)16)14(18)17-9-8-10-4-1-2-5-10/h3-4,6-7H,1-2,5,8-9,16H2,(H,17,18). The molecule has 1 aliphatic rings. The number of anilines is 1. The molecule has 0 spiro atoms. The van der Waals surface area contributed by atoms with E-state index in [0.29, 0.717) is 22.3 Å². The van der Waals surface area contributed by atoms with E-state index < -0.39 is 0 Å². The predicted molar refractivity (Wildman–Crippen MR) is 77.4 cm³/mol. The van der Waals surface area contributed by atoms with E-state index >= 15 is 0 Å². The molecule has 0 unspecified atom stereocenters. The lowest BCUT2D eigenvalue weighted by atomic mass is 10.1. The SMILES string of the molecule is Nc1cccc(C(=O)NCCC2=CCCC2)c1Br. The summed E-state index contributed by atoms with van der Waals surface area (Å²) in [5, 5.41) is 2.93. The molecule has 96 valence electrons. The van der Waals surface area contributed by atoms with Crippen LogP contribution in [0, 0.1) is 0 Å². The molecular formula is C14H17BrN2O. The molecule has 1 amide bonds. The minimum absolute atomic E-state index is 0.0761. The molecule has 0 fully saturated rings. The van der Waals surface area contributed by atoms with Crippen LogP contribution in [0.2, 0.25) is 0 Å². The smallest absolute Gasteiger partial charge is 0.252 e. The molecule has 2 rings (SSSR count). The predicted octanol–water partition coefficient (Wildman–Crippen LogP) is 3.26. The monoisotopic (exact) mass is 308 g/mol. The van der Waals surface area contributed by atoms with Crippen molar-refractivity contribution >= 4 is 27.5 Å². The zero-order valence-electron chi connectivity index (χ0n) is 10.2. The second kappa shape index (κ2) is 6.05. The van der Waals surface area contributed by atoms with Crippen LogP contribution < -0.4 is 11.1 Å². The molecule has 4 heteroatoms. The fourth-order valence-electron chi connectivity index (χ4n) is 2.12. The summed E-state index contributed by atoms with van der Waals surface area (Å²) in [5.74, 6) is -0.0761. The number of nitrogens with two attached hydrogens (primary N) is 1. The van der Waals surface area contributed by atoms with Crippen molar-refractivity contribution in [3.63, 3.8) is 0 Å². The summed E-state index contributed by atoms with van der Waals surface area (Å²) >= 11 is 3.34. The summed E-state index contributed by atoms with van der Waals surface area (Å²) < 4.78 is 0.669. The van der Waals surface area contributed by atoms with Gasteiger partial charge in [-0.15, -0.1) is 0 Å². The summed E-state index contributed by atoms with van der Waals surface area (Å²) in [6.07, 6.45) is 6.85. The third-order valence-electron chi connectivity index (χ3n) is 3.14. The van der Waals surface area contributed by atoms with Gasteiger partial charge in [0, 0.05) is 12.2 Å². The number of amides is 1. The van der Waals surface area contributed by atoms with Crippen molar-refractivity contribution in [1.82, 2.24) is 5.32 Å². The lowest BCUT2D eigenvalue weighted by Crippen LogP contribution is -2.25. The number of hydrogen-bond donors (Lipinski definition) is 2. The van der Waals surface area contributed by atoms with E-state index in [2.05, 4.69) is 27.3 Å². The Morgan fingerprint density at radius 3 is 3.00 bits per heavy atom. The molecule has 0 saturated heterocycles. The van der Waals surface area contributed by atoms with E-state index in [-0.39, 0.29) is 5.91 Å². The fraction of sp³-hybridized carbons (Fsp3) is 0.357. The summed E-state index contributed by atoms with van der Waals surface area (Å²) in [4.78, 5) is 12.0. The Hall–Kier alpha value is -1.29. The molecule has 0 aromatic heterocycles. The van der Waals surface area contributed by atoms with Crippen molar-refractivity contribution in [2.45, 2.75) is 25.7 Å². The molecule has 0 bridgehead atoms. The maximum Gasteiger partial charge on any atom is 0.252 e. The number of carbonyl (C=O) groups is 1. The molecule has 3 N–H and O–H groups in total. The van der Waals surface area contributed by atoms with Gasteiger partial charge in [0.15, 0.2) is 0 Å². The van der Waals surface area contributed by atoms with Gasteiger partial charge in [-0.25, -0.2) is 0 Å². The maximum atomic E-state index is 12.0. The lowest BCUT2D eigenvalue weighted by Gasteiger charge is -2.08. The Balaban J connectivity index is 1.89. The van der Waals surface area contributed by atoms with Crippen LogP contribution in [0.4, 0.5) is 5.69 Å². The number of allylic oxidation sites excluding steroid dienone is 1. The summed E-state index contributed by atoms with van der Waals surface area (Å²) in [7, 11) is 0. The first-order chi connectivity index (χ1) is 8.68. The summed E-state index contributed by atoms with van der Waals surface area (Å²) in [5.41, 5.74) is 8.39. The van der Waals surface area contributed by atoms with Crippen molar-refractivity contribution in [2.24, 2.45) is 0 Å². The third kappa shape index (κ3) is 3.13. The van der Waals surface area contributed by atoms with Gasteiger partial charge in [0.2, 0.25) is 0 Å². The van der Waals surface area contributed by atoms with Gasteiger partial charge in [0.05, 0.1) is 10.0 Å². The summed E-state index contributed by atoms with van der Waals surface area (Å²) in [6.45, 7) is 0.686. The molecule has 0 radical (unpaired) electrons. The topological polar surface area (TPSA) is 55.1 Å². The molecule has 0 aliphatic heterocycles. The Labute approximate surface area is 116 Å². The highest BCUT2D eigenvalue weighted by atomic mass is 79.9. The van der Waals surface area contributed by atoms with E-state index in [1.165, 1.54) is 24.8 Å². The van der Waals surface area contributed by atoms with Crippen LogP contribution in [0.15, 0.2) is 34.3 Å². The van der Waals surface area contributed by atoms with E-state index in [4.69, 9.17) is 5.73 Å². The van der Waals surface area contributed by atoms with Gasteiger partial charge < -0.3 is 11.1 Å². The average molecular weight is 309 g/mol. The molecule has 1 aromatic carbocycles. The first kappa shape index (κ1) is 13.1. The van der Waals surface area contributed by atoms with Gasteiger partial charge in [-0.1, -0.05) is 17.7 Å². The first-order valence-corrected chi connectivity index (χ1v) is 6.98. The zero-order chi connectivity index (χ0) is 13.0. The zero-order valence-corrected chi connectivity index (χ0v) is 11.8. The first-order valence-electron chi connectivity index (χ1n) is 6.18. The van der Waals surface area contributed by atoms with Crippen molar-refractivity contribution in [1.29, 1.82) is 0 Å². The Morgan fingerprint density at radius 1 is 1.44 bits per heavy atom. The van der Waals surface area contributed by atoms with Crippen LogP contribution in [-0.2, 0) is 0 Å². The number of halogens is 1. The van der Waals surface area contributed by atoms with Crippen LogP contribution in [-0.4, -0.2) is 12.5 Å². The third-order valence-corrected chi connectivity index (χ3v) is 4.02. The summed E-state index contributed by atoms with van der Waals surface area (Å²) in [6, 6.07) is 5.32. The number of rotatable bonds is 4. The highest BCUT2D eigenvalue weighted by Gasteiger charge is 2.11. The van der Waals surface area contributed by atoms with Crippen LogP contribution in [0.25, 0.3) is 0 Å². The number of benzene rings is 1. The van der Waals surface area contributed by atoms with Crippen LogP contribution in [0.1, 0.15) is 36.0 Å². The molecular weight excluding hydrogens is 292 g/mol. The lowest BCUT2D eigenvalue weighted by molar-refractivity contribution is 0.0953. The van der Waals surface area contributed by atoms with Crippen molar-refractivity contribution in [3.05, 3.63) is 39.9 Å². The Kier molecular flexibility index (Phi) is 4.42. The van der Waals surface area contributed by atoms with Crippen molar-refractivity contribution in [2.75, 3.05) is 12.3 Å². The Bertz CT molecular complexity index is 483. The van der Waals surface area contributed by atoms with Crippen LogP contribution >= 0.6 is 15.9 Å². The van der Waals surface area contributed by atoms with Gasteiger partial charge in [0.1, 0.15) is 0 Å². The van der Waals surface area contributed by atoms with Gasteiger partial charge in [-0.3, -0.25) is 4.79 Å². The van der Waals surface area contributed by atoms with E-state index in [1.807, 2.05) is 0 Å². The molecule has 0 heterocycles. The Morgan fingerprint density at radius 2 is 2.28 bits per heavy atom. The van der Waals surface area contributed by atoms with Gasteiger partial charge in [0.25, 0.3) is 5.91 Å². The van der Waals surface area contributed by atoms with Crippen molar-refractivity contribution < 1.29 is 4.79 Å². The van der Waals surface area contributed by atoms with Gasteiger partial charge >= 0.3 is 0 Å². The number of hydrogen-bond acceptors (Lipinski definition) is 2. The highest BCUT2D eigenvalue weighted by Crippen LogP contribution is 2.24. The van der Waals surface area contributed by atoms with Gasteiger partial charge in [-0.05, 0) is 53.7 Å². The number of nitrogen functional groups attached to an aromatic ring is 1. The largest absolute Gasteiger partial charge is 0.398 e. The highest BCUT2D eigenvalue weighted by molar-refractivity contribution is 9.10. The molecule has 0 atom stereocenters. The van der Waals surface area contributed by atoms with E-state index in [1.54, 1.807) is 18.2 Å².